The largest absolute Gasteiger partial charge is 0.445 e. The lowest BCUT2D eigenvalue weighted by Gasteiger charge is -2.37. The summed E-state index contributed by atoms with van der Waals surface area (Å²) in [5.41, 5.74) is -0.252. The SMILES string of the molecule is CCc1oc(NC(=O)C(C)(C)N(C)CC2CCOCC2)cc1C(C)(C)OCCOC. The van der Waals surface area contributed by atoms with Crippen LogP contribution < -0.4 is 5.32 Å². The Labute approximate surface area is 181 Å². The topological polar surface area (TPSA) is 73.2 Å². The van der Waals surface area contributed by atoms with Gasteiger partial charge in [0.25, 0.3) is 0 Å². The number of ether oxygens (including phenoxy) is 3. The van der Waals surface area contributed by atoms with Crippen LogP contribution >= 0.6 is 0 Å². The van der Waals surface area contributed by atoms with Crippen LogP contribution in [0.1, 0.15) is 58.8 Å². The number of furan rings is 1. The standard InChI is InChI=1S/C23H40N2O5/c1-8-19-18(23(4,5)29-14-13-27-7)15-20(30-19)24-21(26)22(2,3)25(6)16-17-9-11-28-12-10-17/h15,17H,8-14,16H2,1-7H3,(H,24,26). The van der Waals surface area contributed by atoms with Gasteiger partial charge in [0.05, 0.1) is 24.4 Å². The molecule has 1 fully saturated rings. The van der Waals surface area contributed by atoms with Gasteiger partial charge in [-0.15, -0.1) is 0 Å². The molecule has 7 nitrogen and oxygen atoms in total. The van der Waals surface area contributed by atoms with E-state index >= 15 is 0 Å². The number of carbonyl (C=O) groups is 1. The molecule has 0 atom stereocenters. The molecule has 0 aromatic carbocycles. The third-order valence-electron chi connectivity index (χ3n) is 6.15. The number of nitrogens with zero attached hydrogens (tertiary/aromatic N) is 1. The number of anilines is 1. The van der Waals surface area contributed by atoms with Crippen molar-refractivity contribution in [1.29, 1.82) is 0 Å². The van der Waals surface area contributed by atoms with E-state index in [4.69, 9.17) is 18.6 Å². The van der Waals surface area contributed by atoms with Crippen molar-refractivity contribution in [2.24, 2.45) is 5.92 Å². The molecule has 1 aliphatic heterocycles. The van der Waals surface area contributed by atoms with Gasteiger partial charge >= 0.3 is 0 Å². The highest BCUT2D eigenvalue weighted by molar-refractivity contribution is 5.96. The summed E-state index contributed by atoms with van der Waals surface area (Å²) in [6.07, 6.45) is 2.80. The lowest BCUT2D eigenvalue weighted by molar-refractivity contribution is -0.126. The highest BCUT2D eigenvalue weighted by Crippen LogP contribution is 2.33. The second-order valence-electron chi connectivity index (χ2n) is 9.10. The number of carbonyl (C=O) groups excluding carboxylic acids is 1. The Balaban J connectivity index is 2.06. The number of nitrogens with one attached hydrogen (secondary N) is 1. The summed E-state index contributed by atoms with van der Waals surface area (Å²) >= 11 is 0. The van der Waals surface area contributed by atoms with Crippen LogP contribution in [0.25, 0.3) is 0 Å². The minimum absolute atomic E-state index is 0.0851. The van der Waals surface area contributed by atoms with E-state index in [9.17, 15) is 4.79 Å². The number of amides is 1. The summed E-state index contributed by atoms with van der Waals surface area (Å²) < 4.78 is 22.5. The second-order valence-corrected chi connectivity index (χ2v) is 9.10. The van der Waals surface area contributed by atoms with Crippen LogP contribution in [-0.4, -0.2) is 63.5 Å². The molecule has 0 saturated carbocycles. The third kappa shape index (κ3) is 6.30. The Bertz CT molecular complexity index is 677. The van der Waals surface area contributed by atoms with E-state index in [1.54, 1.807) is 7.11 Å². The molecule has 30 heavy (non-hydrogen) atoms. The van der Waals surface area contributed by atoms with Gasteiger partial charge in [-0.1, -0.05) is 6.92 Å². The van der Waals surface area contributed by atoms with Gasteiger partial charge in [-0.25, -0.2) is 0 Å². The monoisotopic (exact) mass is 424 g/mol. The first kappa shape index (κ1) is 24.9. The highest BCUT2D eigenvalue weighted by atomic mass is 16.5. The molecule has 0 unspecified atom stereocenters. The fourth-order valence-corrected chi connectivity index (χ4v) is 3.70. The highest BCUT2D eigenvalue weighted by Gasteiger charge is 2.35. The Morgan fingerprint density at radius 2 is 1.90 bits per heavy atom. The molecule has 1 amide bonds. The smallest absolute Gasteiger partial charge is 0.246 e. The molecule has 2 rings (SSSR count). The molecule has 1 aromatic rings. The van der Waals surface area contributed by atoms with Crippen molar-refractivity contribution >= 4 is 11.8 Å². The average molecular weight is 425 g/mol. The molecule has 1 aromatic heterocycles. The van der Waals surface area contributed by atoms with Crippen molar-refractivity contribution in [3.8, 4) is 0 Å². The van der Waals surface area contributed by atoms with Gasteiger partial charge in [0.2, 0.25) is 5.91 Å². The summed E-state index contributed by atoms with van der Waals surface area (Å²) in [5, 5.41) is 2.98. The zero-order valence-electron chi connectivity index (χ0n) is 19.8. The van der Waals surface area contributed by atoms with E-state index in [0.717, 1.165) is 50.3 Å². The van der Waals surface area contributed by atoms with E-state index in [1.165, 1.54) is 0 Å². The summed E-state index contributed by atoms with van der Waals surface area (Å²) in [4.78, 5) is 15.2. The zero-order valence-corrected chi connectivity index (χ0v) is 19.8. The first-order chi connectivity index (χ1) is 14.1. The maximum absolute atomic E-state index is 13.1. The zero-order chi connectivity index (χ0) is 22.4. The molecule has 1 saturated heterocycles. The molecule has 1 N–H and O–H groups in total. The molecular weight excluding hydrogens is 384 g/mol. The van der Waals surface area contributed by atoms with Crippen LogP contribution in [0.5, 0.6) is 0 Å². The third-order valence-corrected chi connectivity index (χ3v) is 6.15. The van der Waals surface area contributed by atoms with Gasteiger partial charge in [0, 0.05) is 44.9 Å². The van der Waals surface area contributed by atoms with Gasteiger partial charge in [0.1, 0.15) is 5.76 Å². The van der Waals surface area contributed by atoms with Gasteiger partial charge in [-0.2, -0.15) is 0 Å². The number of likely N-dealkylation sites (N-methyl/N-ethyl adjacent to an activating group) is 1. The molecule has 2 heterocycles. The van der Waals surface area contributed by atoms with Crippen LogP contribution in [0.15, 0.2) is 10.5 Å². The molecule has 0 bridgehead atoms. The minimum atomic E-state index is -0.665. The van der Waals surface area contributed by atoms with Crippen molar-refractivity contribution in [1.82, 2.24) is 4.90 Å². The van der Waals surface area contributed by atoms with Crippen molar-refractivity contribution in [3.63, 3.8) is 0 Å². The number of rotatable bonds is 11. The first-order valence-corrected chi connectivity index (χ1v) is 11.0. The van der Waals surface area contributed by atoms with Crippen molar-refractivity contribution in [2.75, 3.05) is 52.4 Å². The van der Waals surface area contributed by atoms with E-state index in [-0.39, 0.29) is 5.91 Å². The molecule has 0 radical (unpaired) electrons. The number of aryl methyl sites for hydroxylation is 1. The maximum Gasteiger partial charge on any atom is 0.246 e. The fraction of sp³-hybridized carbons (Fsp3) is 0.783. The van der Waals surface area contributed by atoms with Gasteiger partial charge in [-0.3, -0.25) is 15.0 Å². The molecule has 0 spiro atoms. The number of hydrogen-bond acceptors (Lipinski definition) is 6. The number of hydrogen-bond donors (Lipinski definition) is 1. The van der Waals surface area contributed by atoms with Crippen molar-refractivity contribution < 1.29 is 23.4 Å². The van der Waals surface area contributed by atoms with Crippen LogP contribution in [0.3, 0.4) is 0 Å². The van der Waals surface area contributed by atoms with Crippen LogP contribution in [0.4, 0.5) is 5.88 Å². The molecule has 1 aliphatic rings. The van der Waals surface area contributed by atoms with Crippen molar-refractivity contribution in [2.45, 2.75) is 65.0 Å². The minimum Gasteiger partial charge on any atom is -0.445 e. The maximum atomic E-state index is 13.1. The van der Waals surface area contributed by atoms with Gasteiger partial charge in [0.15, 0.2) is 5.88 Å². The summed E-state index contributed by atoms with van der Waals surface area (Å²) in [6.45, 7) is 13.4. The van der Waals surface area contributed by atoms with Gasteiger partial charge < -0.3 is 18.6 Å². The lowest BCUT2D eigenvalue weighted by atomic mass is 9.95. The van der Waals surface area contributed by atoms with E-state index in [1.807, 2.05) is 47.7 Å². The Morgan fingerprint density at radius 3 is 2.50 bits per heavy atom. The quantitative estimate of drug-likeness (QED) is 0.545. The Hall–Kier alpha value is -1.41. The molecule has 7 heteroatoms. The molecule has 172 valence electrons. The number of methoxy groups -OCH3 is 1. The lowest BCUT2D eigenvalue weighted by Crippen LogP contribution is -2.52. The van der Waals surface area contributed by atoms with E-state index in [0.29, 0.717) is 25.0 Å². The predicted octanol–water partition coefficient (Wildman–Crippen LogP) is 3.82. The Morgan fingerprint density at radius 1 is 1.23 bits per heavy atom. The van der Waals surface area contributed by atoms with Crippen LogP contribution in [-0.2, 0) is 31.0 Å². The molecule has 0 aliphatic carbocycles. The summed E-state index contributed by atoms with van der Waals surface area (Å²) in [5.74, 6) is 1.75. The first-order valence-electron chi connectivity index (χ1n) is 11.0. The second kappa shape index (κ2) is 10.8. The normalized spacial score (nSPS) is 16.3. The van der Waals surface area contributed by atoms with Gasteiger partial charge in [-0.05, 0) is 53.5 Å². The fourth-order valence-electron chi connectivity index (χ4n) is 3.70. The van der Waals surface area contributed by atoms with E-state index in [2.05, 4.69) is 10.2 Å². The van der Waals surface area contributed by atoms with Crippen LogP contribution in [0.2, 0.25) is 0 Å². The summed E-state index contributed by atoms with van der Waals surface area (Å²) in [7, 11) is 3.66. The van der Waals surface area contributed by atoms with Crippen molar-refractivity contribution in [3.05, 3.63) is 17.4 Å². The predicted molar refractivity (Wildman–Crippen MR) is 118 cm³/mol. The Kier molecular flexibility index (Phi) is 8.91. The molecular formula is C23H40N2O5. The van der Waals surface area contributed by atoms with Crippen LogP contribution in [0, 0.1) is 5.92 Å². The van der Waals surface area contributed by atoms with E-state index < -0.39 is 11.1 Å². The summed E-state index contributed by atoms with van der Waals surface area (Å²) in [6, 6.07) is 1.89. The average Bonchev–Trinajstić information content (AvgIpc) is 3.12.